The van der Waals surface area contributed by atoms with E-state index in [1.165, 1.54) is 0 Å². The molecule has 1 aromatic carbocycles. The predicted molar refractivity (Wildman–Crippen MR) is 94.1 cm³/mol. The van der Waals surface area contributed by atoms with Crippen molar-refractivity contribution in [2.45, 2.75) is 51.8 Å². The lowest BCUT2D eigenvalue weighted by atomic mass is 10.2. The lowest BCUT2D eigenvalue weighted by Gasteiger charge is -2.28. The number of ether oxygens (including phenoxy) is 1. The molecule has 1 aromatic rings. The van der Waals surface area contributed by atoms with E-state index >= 15 is 0 Å². The van der Waals surface area contributed by atoms with Crippen LogP contribution < -0.4 is 5.32 Å². The van der Waals surface area contributed by atoms with E-state index in [9.17, 15) is 4.79 Å². The Balaban J connectivity index is 1.84. The SMILES string of the molecule is CC(C)(C)OC(=O)N1CCCC1CNCc1ccc(Cl)c(Cl)c1. The van der Waals surface area contributed by atoms with Gasteiger partial charge < -0.3 is 15.0 Å². The van der Waals surface area contributed by atoms with Gasteiger partial charge in [-0.2, -0.15) is 0 Å². The Morgan fingerprint density at radius 3 is 2.74 bits per heavy atom. The first-order chi connectivity index (χ1) is 10.8. The number of hydrogen-bond donors (Lipinski definition) is 1. The highest BCUT2D eigenvalue weighted by Gasteiger charge is 2.31. The molecule has 6 heteroatoms. The van der Waals surface area contributed by atoms with E-state index in [0.29, 0.717) is 16.6 Å². The largest absolute Gasteiger partial charge is 0.444 e. The zero-order valence-electron chi connectivity index (χ0n) is 13.9. The molecule has 0 aliphatic carbocycles. The van der Waals surface area contributed by atoms with Gasteiger partial charge in [-0.15, -0.1) is 0 Å². The number of carbonyl (C=O) groups excluding carboxylic acids is 1. The third-order valence-electron chi connectivity index (χ3n) is 3.70. The molecule has 1 unspecified atom stereocenters. The highest BCUT2D eigenvalue weighted by molar-refractivity contribution is 6.42. The van der Waals surface area contributed by atoms with Gasteiger partial charge in [-0.05, 0) is 51.3 Å². The molecule has 128 valence electrons. The second-order valence-electron chi connectivity index (χ2n) is 6.85. The second-order valence-corrected chi connectivity index (χ2v) is 7.66. The van der Waals surface area contributed by atoms with Gasteiger partial charge in [0.25, 0.3) is 0 Å². The van der Waals surface area contributed by atoms with E-state index < -0.39 is 5.60 Å². The first-order valence-electron chi connectivity index (χ1n) is 7.90. The molecule has 2 rings (SSSR count). The maximum atomic E-state index is 12.2. The van der Waals surface area contributed by atoms with Gasteiger partial charge in [0.15, 0.2) is 0 Å². The van der Waals surface area contributed by atoms with Gasteiger partial charge >= 0.3 is 6.09 Å². The summed E-state index contributed by atoms with van der Waals surface area (Å²) in [5.74, 6) is 0. The van der Waals surface area contributed by atoms with Crippen LogP contribution in [-0.4, -0.2) is 35.7 Å². The van der Waals surface area contributed by atoms with Crippen LogP contribution in [0, 0.1) is 0 Å². The molecule has 1 saturated heterocycles. The molecule has 1 aliphatic rings. The maximum Gasteiger partial charge on any atom is 0.410 e. The molecular formula is C17H24Cl2N2O2. The topological polar surface area (TPSA) is 41.6 Å². The second kappa shape index (κ2) is 7.73. The summed E-state index contributed by atoms with van der Waals surface area (Å²) in [6.45, 7) is 7.85. The van der Waals surface area contributed by atoms with Crippen molar-refractivity contribution in [2.75, 3.05) is 13.1 Å². The molecule has 1 heterocycles. The summed E-state index contributed by atoms with van der Waals surface area (Å²) in [6.07, 6.45) is 1.78. The molecule has 1 amide bonds. The van der Waals surface area contributed by atoms with E-state index in [1.807, 2.05) is 37.8 Å². The fourth-order valence-electron chi connectivity index (χ4n) is 2.64. The van der Waals surface area contributed by atoms with E-state index in [0.717, 1.165) is 31.5 Å². The zero-order chi connectivity index (χ0) is 17.0. The van der Waals surface area contributed by atoms with Crippen LogP contribution in [-0.2, 0) is 11.3 Å². The van der Waals surface area contributed by atoms with Crippen LogP contribution in [0.15, 0.2) is 18.2 Å². The van der Waals surface area contributed by atoms with Gasteiger partial charge in [-0.25, -0.2) is 4.79 Å². The van der Waals surface area contributed by atoms with E-state index in [4.69, 9.17) is 27.9 Å². The van der Waals surface area contributed by atoms with Crippen molar-refractivity contribution in [3.8, 4) is 0 Å². The summed E-state index contributed by atoms with van der Waals surface area (Å²) in [7, 11) is 0. The number of hydrogen-bond acceptors (Lipinski definition) is 3. The maximum absolute atomic E-state index is 12.2. The number of rotatable bonds is 4. The number of benzene rings is 1. The minimum Gasteiger partial charge on any atom is -0.444 e. The van der Waals surface area contributed by atoms with Crippen LogP contribution in [0.5, 0.6) is 0 Å². The summed E-state index contributed by atoms with van der Waals surface area (Å²) >= 11 is 11.9. The quantitative estimate of drug-likeness (QED) is 0.862. The van der Waals surface area contributed by atoms with Crippen LogP contribution in [0.3, 0.4) is 0 Å². The van der Waals surface area contributed by atoms with Crippen LogP contribution in [0.4, 0.5) is 4.79 Å². The van der Waals surface area contributed by atoms with Crippen molar-refractivity contribution in [2.24, 2.45) is 0 Å². The smallest absolute Gasteiger partial charge is 0.410 e. The number of carbonyl (C=O) groups is 1. The Hall–Kier alpha value is -0.970. The molecule has 1 fully saturated rings. The normalized spacial score (nSPS) is 18.3. The molecule has 0 radical (unpaired) electrons. The summed E-state index contributed by atoms with van der Waals surface area (Å²) < 4.78 is 5.47. The van der Waals surface area contributed by atoms with Crippen molar-refractivity contribution >= 4 is 29.3 Å². The van der Waals surface area contributed by atoms with Crippen molar-refractivity contribution in [1.29, 1.82) is 0 Å². The first kappa shape index (κ1) is 18.4. The minimum absolute atomic E-state index is 0.174. The molecule has 0 saturated carbocycles. The summed E-state index contributed by atoms with van der Waals surface area (Å²) in [6, 6.07) is 5.77. The highest BCUT2D eigenvalue weighted by Crippen LogP contribution is 2.23. The Morgan fingerprint density at radius 2 is 2.09 bits per heavy atom. The van der Waals surface area contributed by atoms with Gasteiger partial charge in [0, 0.05) is 25.7 Å². The van der Waals surface area contributed by atoms with Crippen LogP contribution in [0.1, 0.15) is 39.2 Å². The number of likely N-dealkylation sites (tertiary alicyclic amines) is 1. The molecule has 23 heavy (non-hydrogen) atoms. The van der Waals surface area contributed by atoms with Gasteiger partial charge in [0.2, 0.25) is 0 Å². The molecular weight excluding hydrogens is 335 g/mol. The van der Waals surface area contributed by atoms with Crippen LogP contribution in [0.25, 0.3) is 0 Å². The molecule has 4 nitrogen and oxygen atoms in total. The highest BCUT2D eigenvalue weighted by atomic mass is 35.5. The van der Waals surface area contributed by atoms with Crippen molar-refractivity contribution in [1.82, 2.24) is 10.2 Å². The Labute approximate surface area is 148 Å². The molecule has 0 bridgehead atoms. The summed E-state index contributed by atoms with van der Waals surface area (Å²) in [5.41, 5.74) is 0.610. The number of nitrogens with zero attached hydrogens (tertiary/aromatic N) is 1. The average molecular weight is 359 g/mol. The number of nitrogens with one attached hydrogen (secondary N) is 1. The van der Waals surface area contributed by atoms with Gasteiger partial charge in [0.05, 0.1) is 10.0 Å². The zero-order valence-corrected chi connectivity index (χ0v) is 15.4. The molecule has 0 spiro atoms. The molecule has 1 N–H and O–H groups in total. The average Bonchev–Trinajstić information content (AvgIpc) is 2.89. The Bertz CT molecular complexity index is 558. The van der Waals surface area contributed by atoms with Crippen LogP contribution >= 0.6 is 23.2 Å². The monoisotopic (exact) mass is 358 g/mol. The fraction of sp³-hybridized carbons (Fsp3) is 0.588. The van der Waals surface area contributed by atoms with Gasteiger partial charge in [0.1, 0.15) is 5.60 Å². The number of halogens is 2. The molecule has 1 atom stereocenters. The first-order valence-corrected chi connectivity index (χ1v) is 8.66. The Kier molecular flexibility index (Phi) is 6.18. The van der Waals surface area contributed by atoms with E-state index in [1.54, 1.807) is 6.07 Å². The van der Waals surface area contributed by atoms with E-state index in [2.05, 4.69) is 5.32 Å². The van der Waals surface area contributed by atoms with Gasteiger partial charge in [-0.3, -0.25) is 0 Å². The third-order valence-corrected chi connectivity index (χ3v) is 4.44. The Morgan fingerprint density at radius 1 is 1.35 bits per heavy atom. The lowest BCUT2D eigenvalue weighted by Crippen LogP contribution is -2.44. The van der Waals surface area contributed by atoms with E-state index in [-0.39, 0.29) is 12.1 Å². The van der Waals surface area contributed by atoms with Crippen LogP contribution in [0.2, 0.25) is 10.0 Å². The summed E-state index contributed by atoms with van der Waals surface area (Å²) in [5, 5.41) is 4.50. The minimum atomic E-state index is -0.461. The predicted octanol–water partition coefficient (Wildman–Crippen LogP) is 4.48. The van der Waals surface area contributed by atoms with Crippen molar-refractivity contribution in [3.63, 3.8) is 0 Å². The fourth-order valence-corrected chi connectivity index (χ4v) is 2.96. The summed E-state index contributed by atoms with van der Waals surface area (Å²) in [4.78, 5) is 14.1. The molecule has 0 aromatic heterocycles. The van der Waals surface area contributed by atoms with Crippen molar-refractivity contribution in [3.05, 3.63) is 33.8 Å². The number of amides is 1. The van der Waals surface area contributed by atoms with Crippen molar-refractivity contribution < 1.29 is 9.53 Å². The molecule has 1 aliphatic heterocycles. The van der Waals surface area contributed by atoms with Gasteiger partial charge in [-0.1, -0.05) is 29.3 Å². The lowest BCUT2D eigenvalue weighted by molar-refractivity contribution is 0.0226. The third kappa shape index (κ3) is 5.55. The standard InChI is InChI=1S/C17H24Cl2N2O2/c1-17(2,3)23-16(22)21-8-4-5-13(21)11-20-10-12-6-7-14(18)15(19)9-12/h6-7,9,13,20H,4-5,8,10-11H2,1-3H3.